The van der Waals surface area contributed by atoms with Gasteiger partial charge in [-0.3, -0.25) is 0 Å². The molecule has 0 spiro atoms. The molecule has 0 atom stereocenters. The SMILES string of the molecule is C1=C[C](C2CCCCC2)CCC1. The molecular weight excluding hydrogens is 144 g/mol. The Bertz CT molecular complexity index is 151. The van der Waals surface area contributed by atoms with Crippen molar-refractivity contribution in [3.8, 4) is 0 Å². The van der Waals surface area contributed by atoms with Crippen LogP contribution in [0.4, 0.5) is 0 Å². The van der Waals surface area contributed by atoms with Crippen LogP contribution in [0.3, 0.4) is 0 Å². The fourth-order valence-electron chi connectivity index (χ4n) is 2.56. The maximum absolute atomic E-state index is 2.42. The molecule has 0 aliphatic heterocycles. The lowest BCUT2D eigenvalue weighted by molar-refractivity contribution is 0.365. The van der Waals surface area contributed by atoms with E-state index in [4.69, 9.17) is 0 Å². The van der Waals surface area contributed by atoms with Gasteiger partial charge in [0, 0.05) is 5.92 Å². The molecule has 0 unspecified atom stereocenters. The van der Waals surface area contributed by atoms with Crippen molar-refractivity contribution in [3.05, 3.63) is 18.1 Å². The lowest BCUT2D eigenvalue weighted by atomic mass is 9.76. The van der Waals surface area contributed by atoms with Crippen LogP contribution in [0, 0.1) is 11.8 Å². The Morgan fingerprint density at radius 2 is 1.83 bits per heavy atom. The first-order valence-electron chi connectivity index (χ1n) is 5.49. The topological polar surface area (TPSA) is 0 Å². The first kappa shape index (κ1) is 8.34. The van der Waals surface area contributed by atoms with Gasteiger partial charge in [0.05, 0.1) is 0 Å². The lowest BCUT2D eigenvalue weighted by Crippen LogP contribution is -2.15. The standard InChI is InChI=1S/C12H19/c1-3-7-11(8-4-1)12-9-5-2-6-10-12/h3,7,12H,1-2,4-6,8-10H2. The summed E-state index contributed by atoms with van der Waals surface area (Å²) in [6.07, 6.45) is 16.3. The van der Waals surface area contributed by atoms with Gasteiger partial charge in [-0.2, -0.15) is 0 Å². The van der Waals surface area contributed by atoms with Crippen LogP contribution < -0.4 is 0 Å². The molecule has 1 saturated carbocycles. The molecular formula is C12H19. The Labute approximate surface area is 76.1 Å². The van der Waals surface area contributed by atoms with Crippen molar-refractivity contribution >= 4 is 0 Å². The summed E-state index contributed by atoms with van der Waals surface area (Å²) in [5.41, 5.74) is 0. The van der Waals surface area contributed by atoms with Crippen LogP contribution in [0.2, 0.25) is 0 Å². The van der Waals surface area contributed by atoms with Crippen molar-refractivity contribution in [2.45, 2.75) is 51.4 Å². The molecule has 0 aromatic rings. The van der Waals surface area contributed by atoms with Gasteiger partial charge in [-0.25, -0.2) is 0 Å². The van der Waals surface area contributed by atoms with Crippen molar-refractivity contribution < 1.29 is 0 Å². The van der Waals surface area contributed by atoms with Crippen LogP contribution in [0.1, 0.15) is 51.4 Å². The largest absolute Gasteiger partial charge is 0.0879 e. The van der Waals surface area contributed by atoms with Crippen LogP contribution in [0.25, 0.3) is 0 Å². The Morgan fingerprint density at radius 3 is 2.50 bits per heavy atom. The average molecular weight is 163 g/mol. The number of allylic oxidation sites excluding steroid dienone is 2. The average Bonchev–Trinajstić information content (AvgIpc) is 2.21. The molecule has 0 heteroatoms. The molecule has 2 aliphatic rings. The summed E-state index contributed by atoms with van der Waals surface area (Å²) < 4.78 is 0. The first-order valence-corrected chi connectivity index (χ1v) is 5.49. The molecule has 67 valence electrons. The molecule has 12 heavy (non-hydrogen) atoms. The normalized spacial score (nSPS) is 27.7. The number of hydrogen-bond acceptors (Lipinski definition) is 0. The summed E-state index contributed by atoms with van der Waals surface area (Å²) in [4.78, 5) is 0. The molecule has 2 aliphatic carbocycles. The highest BCUT2D eigenvalue weighted by molar-refractivity contribution is 5.16. The van der Waals surface area contributed by atoms with Gasteiger partial charge in [0.2, 0.25) is 0 Å². The van der Waals surface area contributed by atoms with Crippen molar-refractivity contribution in [3.63, 3.8) is 0 Å². The molecule has 0 aromatic heterocycles. The first-order chi connectivity index (χ1) is 5.97. The van der Waals surface area contributed by atoms with E-state index in [1.54, 1.807) is 5.92 Å². The summed E-state index contributed by atoms with van der Waals surface area (Å²) in [6.45, 7) is 0. The highest BCUT2D eigenvalue weighted by Crippen LogP contribution is 2.36. The van der Waals surface area contributed by atoms with E-state index in [1.807, 2.05) is 0 Å². The van der Waals surface area contributed by atoms with Gasteiger partial charge in [-0.05, 0) is 38.0 Å². The Balaban J connectivity index is 1.88. The zero-order chi connectivity index (χ0) is 8.23. The third-order valence-electron chi connectivity index (χ3n) is 3.30. The van der Waals surface area contributed by atoms with Gasteiger partial charge in [0.15, 0.2) is 0 Å². The van der Waals surface area contributed by atoms with Gasteiger partial charge in [-0.15, -0.1) is 0 Å². The Morgan fingerprint density at radius 1 is 1.00 bits per heavy atom. The maximum Gasteiger partial charge on any atom is 0.000364 e. The highest BCUT2D eigenvalue weighted by atomic mass is 14.3. The minimum absolute atomic E-state index is 0.968. The third-order valence-corrected chi connectivity index (χ3v) is 3.30. The summed E-state index contributed by atoms with van der Waals surface area (Å²) in [6, 6.07) is 0. The van der Waals surface area contributed by atoms with Crippen molar-refractivity contribution in [2.24, 2.45) is 5.92 Å². The van der Waals surface area contributed by atoms with Crippen molar-refractivity contribution in [2.75, 3.05) is 0 Å². The van der Waals surface area contributed by atoms with Crippen LogP contribution in [-0.2, 0) is 0 Å². The molecule has 2 rings (SSSR count). The monoisotopic (exact) mass is 163 g/mol. The molecule has 1 fully saturated rings. The number of hydrogen-bond donors (Lipinski definition) is 0. The van der Waals surface area contributed by atoms with Crippen molar-refractivity contribution in [1.82, 2.24) is 0 Å². The molecule has 0 nitrogen and oxygen atoms in total. The zero-order valence-electron chi connectivity index (χ0n) is 7.89. The highest BCUT2D eigenvalue weighted by Gasteiger charge is 2.22. The van der Waals surface area contributed by atoms with Gasteiger partial charge in [0.25, 0.3) is 0 Å². The fourth-order valence-corrected chi connectivity index (χ4v) is 2.56. The Kier molecular flexibility index (Phi) is 2.86. The molecule has 0 aromatic carbocycles. The minimum Gasteiger partial charge on any atom is -0.0879 e. The van der Waals surface area contributed by atoms with Gasteiger partial charge >= 0.3 is 0 Å². The van der Waals surface area contributed by atoms with E-state index in [9.17, 15) is 0 Å². The van der Waals surface area contributed by atoms with Crippen LogP contribution >= 0.6 is 0 Å². The maximum atomic E-state index is 2.42. The van der Waals surface area contributed by atoms with Crippen LogP contribution in [0.5, 0.6) is 0 Å². The van der Waals surface area contributed by atoms with Gasteiger partial charge in [-0.1, -0.05) is 31.4 Å². The van der Waals surface area contributed by atoms with E-state index in [0.29, 0.717) is 0 Å². The van der Waals surface area contributed by atoms with E-state index >= 15 is 0 Å². The predicted molar refractivity (Wildman–Crippen MR) is 52.8 cm³/mol. The summed E-state index contributed by atoms with van der Waals surface area (Å²) in [7, 11) is 0. The molecule has 0 saturated heterocycles. The predicted octanol–water partition coefficient (Wildman–Crippen LogP) is 3.88. The van der Waals surface area contributed by atoms with Crippen molar-refractivity contribution in [1.29, 1.82) is 0 Å². The smallest absolute Gasteiger partial charge is 0.000364 e. The van der Waals surface area contributed by atoms with Crippen LogP contribution in [0.15, 0.2) is 12.2 Å². The zero-order valence-corrected chi connectivity index (χ0v) is 7.89. The second-order valence-electron chi connectivity index (χ2n) is 4.20. The second kappa shape index (κ2) is 4.11. The van der Waals surface area contributed by atoms with E-state index in [0.717, 1.165) is 5.92 Å². The molecule has 0 heterocycles. The summed E-state index contributed by atoms with van der Waals surface area (Å²) in [5.74, 6) is 2.73. The number of rotatable bonds is 1. The molecule has 1 radical (unpaired) electrons. The Hall–Kier alpha value is -0.260. The van der Waals surface area contributed by atoms with Gasteiger partial charge < -0.3 is 0 Å². The van der Waals surface area contributed by atoms with E-state index in [-0.39, 0.29) is 0 Å². The quantitative estimate of drug-likeness (QED) is 0.550. The molecule has 0 amide bonds. The molecule has 0 bridgehead atoms. The fraction of sp³-hybridized carbons (Fsp3) is 0.750. The molecule has 0 N–H and O–H groups in total. The van der Waals surface area contributed by atoms with E-state index in [1.165, 1.54) is 51.4 Å². The lowest BCUT2D eigenvalue weighted by Gasteiger charge is -2.29. The second-order valence-corrected chi connectivity index (χ2v) is 4.20. The minimum atomic E-state index is 0.968. The van der Waals surface area contributed by atoms with Gasteiger partial charge in [0.1, 0.15) is 0 Å². The van der Waals surface area contributed by atoms with Crippen LogP contribution in [-0.4, -0.2) is 0 Å². The summed E-state index contributed by atoms with van der Waals surface area (Å²) >= 11 is 0. The van der Waals surface area contributed by atoms with E-state index in [2.05, 4.69) is 12.2 Å². The third kappa shape index (κ3) is 1.91. The summed E-state index contributed by atoms with van der Waals surface area (Å²) in [5, 5.41) is 0. The van der Waals surface area contributed by atoms with E-state index < -0.39 is 0 Å².